The van der Waals surface area contributed by atoms with Crippen LogP contribution >= 0.6 is 0 Å². The Bertz CT molecular complexity index is 979. The van der Waals surface area contributed by atoms with Gasteiger partial charge in [0.05, 0.1) is 22.8 Å². The molecule has 0 aromatic heterocycles. The molecule has 8 nitrogen and oxygen atoms in total. The number of carbonyl (C=O) groups is 1. The summed E-state index contributed by atoms with van der Waals surface area (Å²) in [7, 11) is 0. The number of benzene rings is 2. The second-order valence-corrected chi connectivity index (χ2v) is 4.95. The third-order valence-electron chi connectivity index (χ3n) is 3.18. The maximum absolute atomic E-state index is 12.0. The van der Waals surface area contributed by atoms with E-state index < -0.39 is 10.8 Å². The highest BCUT2D eigenvalue weighted by Crippen LogP contribution is 2.15. The molecule has 0 aliphatic heterocycles. The van der Waals surface area contributed by atoms with Crippen molar-refractivity contribution in [2.24, 2.45) is 5.10 Å². The monoisotopic (exact) mass is 345 g/mol. The van der Waals surface area contributed by atoms with Gasteiger partial charge in [0, 0.05) is 12.1 Å². The highest BCUT2D eigenvalue weighted by Gasteiger charge is 2.10. The quantitative estimate of drug-likeness (QED) is 0.292. The number of nitrogens with one attached hydrogen (secondary N) is 1. The van der Waals surface area contributed by atoms with Gasteiger partial charge in [0.1, 0.15) is 11.6 Å². The molecule has 0 unspecified atom stereocenters. The molecule has 1 N–H and O–H groups in total. The van der Waals surface area contributed by atoms with Crippen molar-refractivity contribution in [3.63, 3.8) is 0 Å². The minimum absolute atomic E-state index is 0.143. The SMILES string of the molecule is N#CC(=Cc1cccc([N+](=O)[O-])c1)C(=O)NN=Cc1ccc(C#N)cc1. The van der Waals surface area contributed by atoms with E-state index in [-0.39, 0.29) is 11.3 Å². The summed E-state index contributed by atoms with van der Waals surface area (Å²) in [6, 6.07) is 15.8. The third kappa shape index (κ3) is 4.85. The number of nitro groups is 1. The van der Waals surface area contributed by atoms with Crippen molar-refractivity contribution in [2.75, 3.05) is 0 Å². The minimum atomic E-state index is -0.746. The standard InChI is InChI=1S/C18H11N5O3/c19-10-13-4-6-14(7-5-13)12-21-22-18(24)16(11-20)8-15-2-1-3-17(9-15)23(25)26/h1-9,12H,(H,22,24). The smallest absolute Gasteiger partial charge is 0.267 e. The second-order valence-electron chi connectivity index (χ2n) is 4.95. The molecule has 0 aliphatic rings. The lowest BCUT2D eigenvalue weighted by atomic mass is 10.1. The first-order valence-corrected chi connectivity index (χ1v) is 7.23. The first-order chi connectivity index (χ1) is 12.5. The molecule has 0 atom stereocenters. The van der Waals surface area contributed by atoms with Crippen LogP contribution in [0.4, 0.5) is 5.69 Å². The number of carbonyl (C=O) groups excluding carboxylic acids is 1. The number of non-ortho nitro benzene ring substituents is 1. The predicted octanol–water partition coefficient (Wildman–Crippen LogP) is 2.52. The maximum atomic E-state index is 12.0. The highest BCUT2D eigenvalue weighted by molar-refractivity contribution is 6.02. The fourth-order valence-electron chi connectivity index (χ4n) is 1.91. The van der Waals surface area contributed by atoms with Gasteiger partial charge in [0.15, 0.2) is 0 Å². The van der Waals surface area contributed by atoms with Crippen molar-refractivity contribution in [1.29, 1.82) is 10.5 Å². The molecule has 8 heteroatoms. The lowest BCUT2D eigenvalue weighted by Gasteiger charge is -1.99. The van der Waals surface area contributed by atoms with Crippen LogP contribution < -0.4 is 5.43 Å². The third-order valence-corrected chi connectivity index (χ3v) is 3.18. The van der Waals surface area contributed by atoms with Crippen LogP contribution in [0.25, 0.3) is 6.08 Å². The average molecular weight is 345 g/mol. The Hall–Kier alpha value is -4.30. The normalized spacial score (nSPS) is 10.8. The van der Waals surface area contributed by atoms with Crippen LogP contribution in [0.5, 0.6) is 0 Å². The van der Waals surface area contributed by atoms with Crippen LogP contribution in [0.1, 0.15) is 16.7 Å². The molecule has 0 spiro atoms. The Morgan fingerprint density at radius 1 is 1.15 bits per heavy atom. The van der Waals surface area contributed by atoms with Crippen molar-refractivity contribution in [3.05, 3.63) is 80.9 Å². The molecule has 126 valence electrons. The molecule has 0 heterocycles. The summed E-state index contributed by atoms with van der Waals surface area (Å²) in [5, 5.41) is 32.3. The summed E-state index contributed by atoms with van der Waals surface area (Å²) >= 11 is 0. The first-order valence-electron chi connectivity index (χ1n) is 7.23. The fraction of sp³-hybridized carbons (Fsp3) is 0. The fourth-order valence-corrected chi connectivity index (χ4v) is 1.91. The zero-order chi connectivity index (χ0) is 18.9. The van der Waals surface area contributed by atoms with Crippen LogP contribution in [0.3, 0.4) is 0 Å². The average Bonchev–Trinajstić information content (AvgIpc) is 2.66. The molecule has 2 aromatic rings. The van der Waals surface area contributed by atoms with Crippen LogP contribution in [0.2, 0.25) is 0 Å². The lowest BCUT2D eigenvalue weighted by molar-refractivity contribution is -0.384. The van der Waals surface area contributed by atoms with Crippen molar-refractivity contribution in [3.8, 4) is 12.1 Å². The number of hydrazone groups is 1. The molecule has 0 radical (unpaired) electrons. The van der Waals surface area contributed by atoms with Gasteiger partial charge in [-0.3, -0.25) is 14.9 Å². The van der Waals surface area contributed by atoms with E-state index >= 15 is 0 Å². The van der Waals surface area contributed by atoms with Crippen molar-refractivity contribution in [2.45, 2.75) is 0 Å². The molecule has 1 amide bonds. The van der Waals surface area contributed by atoms with Crippen LogP contribution in [0.15, 0.2) is 59.2 Å². The van der Waals surface area contributed by atoms with Crippen molar-refractivity contribution < 1.29 is 9.72 Å². The zero-order valence-corrected chi connectivity index (χ0v) is 13.3. The van der Waals surface area contributed by atoms with Crippen LogP contribution in [-0.4, -0.2) is 17.0 Å². The molecule has 0 bridgehead atoms. The van der Waals surface area contributed by atoms with E-state index in [1.165, 1.54) is 36.6 Å². The number of rotatable bonds is 5. The Balaban J connectivity index is 2.09. The van der Waals surface area contributed by atoms with Gasteiger partial charge < -0.3 is 0 Å². The van der Waals surface area contributed by atoms with Gasteiger partial charge in [-0.05, 0) is 29.3 Å². The Labute approximate surface area is 148 Å². The van der Waals surface area contributed by atoms with E-state index in [1.807, 2.05) is 6.07 Å². The summed E-state index contributed by atoms with van der Waals surface area (Å²) in [6.07, 6.45) is 2.60. The lowest BCUT2D eigenvalue weighted by Crippen LogP contribution is -2.19. The van der Waals surface area contributed by atoms with Crippen molar-refractivity contribution >= 4 is 23.9 Å². The Kier molecular flexibility index (Phi) is 5.92. The van der Waals surface area contributed by atoms with Gasteiger partial charge in [0.2, 0.25) is 0 Å². The predicted molar refractivity (Wildman–Crippen MR) is 93.6 cm³/mol. The number of hydrogen-bond donors (Lipinski definition) is 1. The maximum Gasteiger partial charge on any atom is 0.282 e. The summed E-state index contributed by atoms with van der Waals surface area (Å²) in [4.78, 5) is 22.2. The van der Waals surface area contributed by atoms with E-state index in [0.29, 0.717) is 16.7 Å². The Morgan fingerprint density at radius 3 is 2.50 bits per heavy atom. The van der Waals surface area contributed by atoms with Crippen LogP contribution in [-0.2, 0) is 4.79 Å². The number of amides is 1. The largest absolute Gasteiger partial charge is 0.282 e. The molecular formula is C18H11N5O3. The van der Waals surface area contributed by atoms with Crippen molar-refractivity contribution in [1.82, 2.24) is 5.43 Å². The van der Waals surface area contributed by atoms with Gasteiger partial charge in [0.25, 0.3) is 11.6 Å². The number of nitrogens with zero attached hydrogens (tertiary/aromatic N) is 4. The molecule has 0 saturated carbocycles. The topological polar surface area (TPSA) is 132 Å². The summed E-state index contributed by atoms with van der Waals surface area (Å²) < 4.78 is 0. The van der Waals surface area contributed by atoms with Crippen LogP contribution in [0, 0.1) is 32.8 Å². The molecule has 0 aliphatic carbocycles. The number of nitro benzene ring substituents is 1. The van der Waals surface area contributed by atoms with Gasteiger partial charge in [-0.1, -0.05) is 24.3 Å². The van der Waals surface area contributed by atoms with Gasteiger partial charge in [-0.2, -0.15) is 15.6 Å². The molecule has 26 heavy (non-hydrogen) atoms. The minimum Gasteiger partial charge on any atom is -0.267 e. The van der Waals surface area contributed by atoms with Gasteiger partial charge in [-0.25, -0.2) is 5.43 Å². The molecule has 0 fully saturated rings. The Morgan fingerprint density at radius 2 is 1.88 bits per heavy atom. The number of nitriles is 2. The van der Waals surface area contributed by atoms with E-state index in [2.05, 4.69) is 10.5 Å². The summed E-state index contributed by atoms with van der Waals surface area (Å²) in [5.74, 6) is -0.746. The number of hydrogen-bond acceptors (Lipinski definition) is 6. The summed E-state index contributed by atoms with van der Waals surface area (Å²) in [6.45, 7) is 0. The second kappa shape index (κ2) is 8.52. The molecule has 2 rings (SSSR count). The molecule has 2 aromatic carbocycles. The van der Waals surface area contributed by atoms with E-state index in [9.17, 15) is 14.9 Å². The first kappa shape index (κ1) is 18.0. The van der Waals surface area contributed by atoms with E-state index in [4.69, 9.17) is 10.5 Å². The van der Waals surface area contributed by atoms with Gasteiger partial charge in [-0.15, -0.1) is 0 Å². The molecule has 0 saturated heterocycles. The van der Waals surface area contributed by atoms with Gasteiger partial charge >= 0.3 is 0 Å². The summed E-state index contributed by atoms with van der Waals surface area (Å²) in [5.41, 5.74) is 3.32. The highest BCUT2D eigenvalue weighted by atomic mass is 16.6. The zero-order valence-electron chi connectivity index (χ0n) is 13.3. The van der Waals surface area contributed by atoms with E-state index in [0.717, 1.165) is 0 Å². The molecular weight excluding hydrogens is 334 g/mol. The van der Waals surface area contributed by atoms with E-state index in [1.54, 1.807) is 30.3 Å².